The van der Waals surface area contributed by atoms with Crippen LogP contribution in [0.15, 0.2) is 36.5 Å². The first-order chi connectivity index (χ1) is 32.0. The van der Waals surface area contributed by atoms with Gasteiger partial charge in [0, 0.05) is 19.3 Å². The van der Waals surface area contributed by atoms with Crippen molar-refractivity contribution in [2.75, 3.05) is 13.2 Å². The molecule has 0 aromatic rings. The molecule has 0 spiro atoms. The number of ether oxygens (including phenoxy) is 3. The van der Waals surface area contributed by atoms with Crippen LogP contribution in [0.25, 0.3) is 0 Å². The van der Waals surface area contributed by atoms with Gasteiger partial charge in [0.15, 0.2) is 6.10 Å². The standard InChI is InChI=1S/C59H108O6/c1-4-7-10-13-16-19-22-25-27-29-30-31-33-34-37-40-43-46-49-52-58(61)64-55-56(54-63-57(60)51-48-45-42-39-36-24-21-18-15-12-9-6-3)65-59(62)53-50-47-44-41-38-35-32-28-26-23-20-17-14-11-8-5-2/h18,21,28-30,32,56H,4-17,19-20,22-27,31,33-55H2,1-3H3/b21-18-,30-29-,32-28-/t56-/m1/s1. The van der Waals surface area contributed by atoms with Crippen molar-refractivity contribution in [2.45, 2.75) is 309 Å². The predicted molar refractivity (Wildman–Crippen MR) is 279 cm³/mol. The van der Waals surface area contributed by atoms with Crippen molar-refractivity contribution in [1.29, 1.82) is 0 Å². The van der Waals surface area contributed by atoms with Crippen LogP contribution >= 0.6 is 0 Å². The topological polar surface area (TPSA) is 78.9 Å². The van der Waals surface area contributed by atoms with Crippen LogP contribution in [0.4, 0.5) is 0 Å². The van der Waals surface area contributed by atoms with Gasteiger partial charge in [0.1, 0.15) is 13.2 Å². The van der Waals surface area contributed by atoms with E-state index in [1.807, 2.05) is 0 Å². The second-order valence-corrected chi connectivity index (χ2v) is 19.2. The number of unbranched alkanes of at least 4 members (excludes halogenated alkanes) is 35. The van der Waals surface area contributed by atoms with Gasteiger partial charge < -0.3 is 14.2 Å². The lowest BCUT2D eigenvalue weighted by Crippen LogP contribution is -2.30. The highest BCUT2D eigenvalue weighted by molar-refractivity contribution is 5.71. The summed E-state index contributed by atoms with van der Waals surface area (Å²) >= 11 is 0. The molecule has 0 aromatic heterocycles. The van der Waals surface area contributed by atoms with E-state index in [0.29, 0.717) is 19.3 Å². The Bertz CT molecular complexity index is 1090. The second-order valence-electron chi connectivity index (χ2n) is 19.2. The normalized spacial score (nSPS) is 12.2. The van der Waals surface area contributed by atoms with Gasteiger partial charge in [0.05, 0.1) is 0 Å². The smallest absolute Gasteiger partial charge is 0.306 e. The van der Waals surface area contributed by atoms with Gasteiger partial charge in [-0.1, -0.05) is 224 Å². The molecule has 0 heterocycles. The quantitative estimate of drug-likeness (QED) is 0.0262. The van der Waals surface area contributed by atoms with Crippen molar-refractivity contribution >= 4 is 17.9 Å². The molecule has 0 N–H and O–H groups in total. The number of carbonyl (C=O) groups excluding carboxylic acids is 3. The van der Waals surface area contributed by atoms with Crippen molar-refractivity contribution < 1.29 is 28.6 Å². The van der Waals surface area contributed by atoms with E-state index in [4.69, 9.17) is 14.2 Å². The molecule has 0 aliphatic carbocycles. The number of hydrogen-bond donors (Lipinski definition) is 0. The minimum Gasteiger partial charge on any atom is -0.462 e. The molecule has 65 heavy (non-hydrogen) atoms. The third-order valence-electron chi connectivity index (χ3n) is 12.6. The Morgan fingerprint density at radius 2 is 0.508 bits per heavy atom. The van der Waals surface area contributed by atoms with Crippen molar-refractivity contribution in [2.24, 2.45) is 0 Å². The van der Waals surface area contributed by atoms with Gasteiger partial charge in [-0.3, -0.25) is 14.4 Å². The maximum Gasteiger partial charge on any atom is 0.306 e. The number of esters is 3. The number of rotatable bonds is 52. The zero-order chi connectivity index (χ0) is 47.2. The lowest BCUT2D eigenvalue weighted by molar-refractivity contribution is -0.167. The van der Waals surface area contributed by atoms with Crippen molar-refractivity contribution in [3.05, 3.63) is 36.5 Å². The van der Waals surface area contributed by atoms with E-state index in [9.17, 15) is 14.4 Å². The van der Waals surface area contributed by atoms with E-state index in [1.54, 1.807) is 0 Å². The summed E-state index contributed by atoms with van der Waals surface area (Å²) < 4.78 is 16.8. The maximum absolute atomic E-state index is 12.8. The fourth-order valence-corrected chi connectivity index (χ4v) is 8.25. The summed E-state index contributed by atoms with van der Waals surface area (Å²) in [6.07, 6.45) is 64.2. The predicted octanol–water partition coefficient (Wildman–Crippen LogP) is 18.9. The highest BCUT2D eigenvalue weighted by atomic mass is 16.6. The van der Waals surface area contributed by atoms with Gasteiger partial charge in [0.25, 0.3) is 0 Å². The Labute approximate surface area is 404 Å². The summed E-state index contributed by atoms with van der Waals surface area (Å²) in [5, 5.41) is 0. The molecule has 6 nitrogen and oxygen atoms in total. The molecule has 0 saturated heterocycles. The molecule has 0 rings (SSSR count). The molecule has 0 aliphatic rings. The largest absolute Gasteiger partial charge is 0.462 e. The van der Waals surface area contributed by atoms with E-state index in [0.717, 1.165) is 70.6 Å². The van der Waals surface area contributed by atoms with E-state index >= 15 is 0 Å². The zero-order valence-electron chi connectivity index (χ0n) is 43.5. The van der Waals surface area contributed by atoms with E-state index in [2.05, 4.69) is 57.2 Å². The van der Waals surface area contributed by atoms with Crippen LogP contribution in [0, 0.1) is 0 Å². The summed E-state index contributed by atoms with van der Waals surface area (Å²) in [6, 6.07) is 0. The number of allylic oxidation sites excluding steroid dienone is 6. The second kappa shape index (κ2) is 54.2. The molecule has 0 fully saturated rings. The highest BCUT2D eigenvalue weighted by Crippen LogP contribution is 2.15. The van der Waals surface area contributed by atoms with Crippen LogP contribution < -0.4 is 0 Å². The molecule has 0 amide bonds. The Morgan fingerprint density at radius 3 is 0.800 bits per heavy atom. The highest BCUT2D eigenvalue weighted by Gasteiger charge is 2.19. The fourth-order valence-electron chi connectivity index (χ4n) is 8.25. The molecule has 1 atom stereocenters. The van der Waals surface area contributed by atoms with Crippen LogP contribution in [0.3, 0.4) is 0 Å². The molecule has 0 radical (unpaired) electrons. The first kappa shape index (κ1) is 62.6. The summed E-state index contributed by atoms with van der Waals surface area (Å²) in [6.45, 7) is 6.63. The van der Waals surface area contributed by atoms with Gasteiger partial charge in [-0.15, -0.1) is 0 Å². The monoisotopic (exact) mass is 913 g/mol. The lowest BCUT2D eigenvalue weighted by Gasteiger charge is -2.18. The van der Waals surface area contributed by atoms with Gasteiger partial charge in [-0.05, 0) is 96.3 Å². The molecule has 0 aromatic carbocycles. The summed E-state index contributed by atoms with van der Waals surface area (Å²) in [5.41, 5.74) is 0. The van der Waals surface area contributed by atoms with E-state index in [-0.39, 0.29) is 31.1 Å². The lowest BCUT2D eigenvalue weighted by atomic mass is 10.1. The average Bonchev–Trinajstić information content (AvgIpc) is 3.30. The SMILES string of the molecule is CCCCC/C=C\CCCCCCCC(=O)OC[C@H](COC(=O)CCCCCCCCC/C=C\CCCCCCCCCC)OC(=O)CCCCCCC/C=C\CCCCCCCCC. The third kappa shape index (κ3) is 52.5. The van der Waals surface area contributed by atoms with Gasteiger partial charge in [0.2, 0.25) is 0 Å². The van der Waals surface area contributed by atoms with Gasteiger partial charge >= 0.3 is 17.9 Å². The molecular weight excluding hydrogens is 805 g/mol. The molecule has 0 saturated carbocycles. The summed E-state index contributed by atoms with van der Waals surface area (Å²) in [5.74, 6) is -0.887. The number of hydrogen-bond acceptors (Lipinski definition) is 6. The van der Waals surface area contributed by atoms with Crippen LogP contribution in [-0.2, 0) is 28.6 Å². The maximum atomic E-state index is 12.8. The van der Waals surface area contributed by atoms with Gasteiger partial charge in [-0.2, -0.15) is 0 Å². The molecule has 6 heteroatoms. The fraction of sp³-hybridized carbons (Fsp3) is 0.847. The van der Waals surface area contributed by atoms with E-state index in [1.165, 1.54) is 193 Å². The number of carbonyl (C=O) groups is 3. The van der Waals surface area contributed by atoms with Crippen LogP contribution in [0.5, 0.6) is 0 Å². The Balaban J connectivity index is 4.34. The molecular formula is C59H108O6. The average molecular weight is 914 g/mol. The first-order valence-electron chi connectivity index (χ1n) is 28.5. The van der Waals surface area contributed by atoms with Gasteiger partial charge in [-0.25, -0.2) is 0 Å². The Morgan fingerprint density at radius 1 is 0.292 bits per heavy atom. The molecule has 380 valence electrons. The van der Waals surface area contributed by atoms with Crippen molar-refractivity contribution in [1.82, 2.24) is 0 Å². The summed E-state index contributed by atoms with van der Waals surface area (Å²) in [4.78, 5) is 38.1. The van der Waals surface area contributed by atoms with Crippen LogP contribution in [-0.4, -0.2) is 37.2 Å². The van der Waals surface area contributed by atoms with Crippen LogP contribution in [0.2, 0.25) is 0 Å². The Kier molecular flexibility index (Phi) is 52.3. The Hall–Kier alpha value is -2.37. The minimum atomic E-state index is -0.779. The first-order valence-corrected chi connectivity index (χ1v) is 28.5. The molecule has 0 aliphatic heterocycles. The third-order valence-corrected chi connectivity index (χ3v) is 12.6. The minimum absolute atomic E-state index is 0.0784. The van der Waals surface area contributed by atoms with E-state index < -0.39 is 6.10 Å². The zero-order valence-corrected chi connectivity index (χ0v) is 43.5. The van der Waals surface area contributed by atoms with Crippen molar-refractivity contribution in [3.8, 4) is 0 Å². The van der Waals surface area contributed by atoms with Crippen molar-refractivity contribution in [3.63, 3.8) is 0 Å². The van der Waals surface area contributed by atoms with Crippen LogP contribution in [0.1, 0.15) is 303 Å². The molecule has 0 unspecified atom stereocenters. The summed E-state index contributed by atoms with van der Waals surface area (Å²) in [7, 11) is 0. The molecule has 0 bridgehead atoms.